The van der Waals surface area contributed by atoms with Gasteiger partial charge in [-0.05, 0) is 30.3 Å². The summed E-state index contributed by atoms with van der Waals surface area (Å²) in [5.74, 6) is -2.31. The molecule has 2 aromatic carbocycles. The van der Waals surface area contributed by atoms with Gasteiger partial charge in [-0.15, -0.1) is 0 Å². The molecule has 0 spiro atoms. The van der Waals surface area contributed by atoms with Crippen molar-refractivity contribution >= 4 is 33.2 Å². The van der Waals surface area contributed by atoms with Gasteiger partial charge >= 0.3 is 6.18 Å². The van der Waals surface area contributed by atoms with Crippen LogP contribution in [0.2, 0.25) is 5.02 Å². The van der Waals surface area contributed by atoms with E-state index in [1.165, 1.54) is 0 Å². The quantitative estimate of drug-likeness (QED) is 0.641. The molecule has 0 radical (unpaired) electrons. The first-order valence-corrected chi connectivity index (χ1v) is 11.0. The first-order chi connectivity index (χ1) is 14.9. The first-order valence-electron chi connectivity index (χ1n) is 9.22. The number of hydrogen-bond donors (Lipinski definition) is 1. The number of hydrogen-bond acceptors (Lipinski definition) is 4. The molecule has 0 aliphatic carbocycles. The summed E-state index contributed by atoms with van der Waals surface area (Å²) in [7, 11) is -4.21. The Kier molecular flexibility index (Phi) is 7.08. The molecule has 1 heterocycles. The molecule has 1 aliphatic heterocycles. The van der Waals surface area contributed by atoms with Crippen LogP contribution in [-0.4, -0.2) is 56.3 Å². The number of sulfonamides is 1. The van der Waals surface area contributed by atoms with Crippen LogP contribution in [0.15, 0.2) is 41.3 Å². The zero-order valence-electron chi connectivity index (χ0n) is 16.3. The van der Waals surface area contributed by atoms with Crippen molar-refractivity contribution in [1.82, 2.24) is 9.21 Å². The number of anilines is 1. The Hall–Kier alpha value is -2.28. The van der Waals surface area contributed by atoms with Crippen LogP contribution < -0.4 is 5.32 Å². The smallest absolute Gasteiger partial charge is 0.322 e. The molecule has 0 bridgehead atoms. The van der Waals surface area contributed by atoms with E-state index in [1.807, 2.05) is 0 Å². The maximum absolute atomic E-state index is 13.6. The molecule has 32 heavy (non-hydrogen) atoms. The minimum Gasteiger partial charge on any atom is -0.322 e. The molecule has 1 aliphatic rings. The van der Waals surface area contributed by atoms with Crippen molar-refractivity contribution in [1.29, 1.82) is 0 Å². The lowest BCUT2D eigenvalue weighted by atomic mass is 10.2. The van der Waals surface area contributed by atoms with E-state index < -0.39 is 49.2 Å². The van der Waals surface area contributed by atoms with Gasteiger partial charge in [-0.3, -0.25) is 9.69 Å². The van der Waals surface area contributed by atoms with Crippen molar-refractivity contribution in [2.24, 2.45) is 0 Å². The normalized spacial score (nSPS) is 16.2. The van der Waals surface area contributed by atoms with Gasteiger partial charge in [0.05, 0.1) is 27.7 Å². The third kappa shape index (κ3) is 5.55. The van der Waals surface area contributed by atoms with Gasteiger partial charge in [-0.1, -0.05) is 11.6 Å². The molecule has 1 fully saturated rings. The predicted octanol–water partition coefficient (Wildman–Crippen LogP) is 3.58. The fraction of sp³-hybridized carbons (Fsp3) is 0.316. The third-order valence-corrected chi connectivity index (χ3v) is 7.01. The Balaban J connectivity index is 1.62. The molecule has 0 saturated carbocycles. The number of nitrogens with one attached hydrogen (secondary N) is 1. The van der Waals surface area contributed by atoms with E-state index in [1.54, 1.807) is 4.90 Å². The minimum absolute atomic E-state index is 0.0650. The fourth-order valence-electron chi connectivity index (χ4n) is 3.14. The number of benzene rings is 2. The molecule has 13 heteroatoms. The van der Waals surface area contributed by atoms with E-state index in [-0.39, 0.29) is 38.4 Å². The number of alkyl halides is 3. The Bertz CT molecular complexity index is 1120. The van der Waals surface area contributed by atoms with E-state index in [2.05, 4.69) is 5.32 Å². The Morgan fingerprint density at radius 2 is 1.69 bits per heavy atom. The second kappa shape index (κ2) is 9.30. The molecule has 0 atom stereocenters. The summed E-state index contributed by atoms with van der Waals surface area (Å²) in [6.07, 6.45) is -4.81. The largest absolute Gasteiger partial charge is 0.417 e. The van der Waals surface area contributed by atoms with Gasteiger partial charge in [0.15, 0.2) is 0 Å². The summed E-state index contributed by atoms with van der Waals surface area (Å²) < 4.78 is 92.3. The van der Waals surface area contributed by atoms with Gasteiger partial charge in [0.1, 0.15) is 11.6 Å². The number of carbonyl (C=O) groups excluding carboxylic acids is 1. The molecule has 3 rings (SSSR count). The summed E-state index contributed by atoms with van der Waals surface area (Å²) in [4.78, 5) is 13.2. The number of halogens is 6. The zero-order valence-corrected chi connectivity index (χ0v) is 17.9. The van der Waals surface area contributed by atoms with Gasteiger partial charge in [-0.2, -0.15) is 17.5 Å². The molecular weight excluding hydrogens is 481 g/mol. The third-order valence-electron chi connectivity index (χ3n) is 4.78. The standard InChI is InChI=1S/C19H17ClF5N3O3S/c20-15-3-2-13(10-14(15)19(23,24)25)32(30,31)28-7-5-27(6-8-28)11-18(29)26-17-4-1-12(21)9-16(17)22/h1-4,9-10H,5-8,11H2,(H,26,29). The molecule has 2 aromatic rings. The summed E-state index contributed by atoms with van der Waals surface area (Å²) in [6, 6.07) is 5.07. The number of piperazine rings is 1. The summed E-state index contributed by atoms with van der Waals surface area (Å²) in [6.45, 7) is -0.0601. The second-order valence-electron chi connectivity index (χ2n) is 6.99. The van der Waals surface area contributed by atoms with E-state index in [9.17, 15) is 35.2 Å². The summed E-state index contributed by atoms with van der Waals surface area (Å²) in [5, 5.41) is 1.70. The highest BCUT2D eigenvalue weighted by Gasteiger charge is 2.36. The van der Waals surface area contributed by atoms with Crippen molar-refractivity contribution in [2.45, 2.75) is 11.1 Å². The number of amides is 1. The molecule has 0 aromatic heterocycles. The number of carbonyl (C=O) groups is 1. The summed E-state index contributed by atoms with van der Waals surface area (Å²) >= 11 is 5.54. The average molecular weight is 498 g/mol. The molecular formula is C19H17ClF5N3O3S. The Morgan fingerprint density at radius 1 is 1.03 bits per heavy atom. The maximum Gasteiger partial charge on any atom is 0.417 e. The Morgan fingerprint density at radius 3 is 2.28 bits per heavy atom. The van der Waals surface area contributed by atoms with Gasteiger partial charge in [-0.25, -0.2) is 17.2 Å². The molecule has 174 valence electrons. The van der Waals surface area contributed by atoms with Gasteiger partial charge in [0.2, 0.25) is 15.9 Å². The lowest BCUT2D eigenvalue weighted by Gasteiger charge is -2.33. The van der Waals surface area contributed by atoms with Crippen LogP contribution in [0.3, 0.4) is 0 Å². The van der Waals surface area contributed by atoms with Crippen molar-refractivity contribution in [2.75, 3.05) is 38.0 Å². The SMILES string of the molecule is O=C(CN1CCN(S(=O)(=O)c2ccc(Cl)c(C(F)(F)F)c2)CC1)Nc1ccc(F)cc1F. The molecule has 1 N–H and O–H groups in total. The fourth-order valence-corrected chi connectivity index (χ4v) is 4.82. The molecule has 1 amide bonds. The average Bonchev–Trinajstić information content (AvgIpc) is 2.70. The maximum atomic E-state index is 13.6. The van der Waals surface area contributed by atoms with Crippen LogP contribution in [0, 0.1) is 11.6 Å². The lowest BCUT2D eigenvalue weighted by molar-refractivity contribution is -0.137. The molecule has 6 nitrogen and oxygen atoms in total. The Labute approximate surface area is 185 Å². The van der Waals surface area contributed by atoms with Crippen molar-refractivity contribution in [3.8, 4) is 0 Å². The van der Waals surface area contributed by atoms with Crippen LogP contribution in [0.25, 0.3) is 0 Å². The van der Waals surface area contributed by atoms with Crippen molar-refractivity contribution < 1.29 is 35.2 Å². The van der Waals surface area contributed by atoms with Crippen LogP contribution in [0.5, 0.6) is 0 Å². The zero-order chi connectivity index (χ0) is 23.7. The van der Waals surface area contributed by atoms with Crippen LogP contribution in [-0.2, 0) is 21.0 Å². The number of nitrogens with zero attached hydrogens (tertiary/aromatic N) is 2. The van der Waals surface area contributed by atoms with Crippen molar-refractivity contribution in [3.05, 3.63) is 58.6 Å². The van der Waals surface area contributed by atoms with E-state index >= 15 is 0 Å². The van der Waals surface area contributed by atoms with Gasteiger partial charge in [0.25, 0.3) is 0 Å². The van der Waals surface area contributed by atoms with Gasteiger partial charge in [0, 0.05) is 32.2 Å². The summed E-state index contributed by atoms with van der Waals surface area (Å²) in [5.41, 5.74) is -1.44. The predicted molar refractivity (Wildman–Crippen MR) is 107 cm³/mol. The topological polar surface area (TPSA) is 69.7 Å². The lowest BCUT2D eigenvalue weighted by Crippen LogP contribution is -2.50. The van der Waals surface area contributed by atoms with Crippen LogP contribution >= 0.6 is 11.6 Å². The minimum atomic E-state index is -4.81. The van der Waals surface area contributed by atoms with Crippen molar-refractivity contribution in [3.63, 3.8) is 0 Å². The highest BCUT2D eigenvalue weighted by atomic mass is 35.5. The monoisotopic (exact) mass is 497 g/mol. The first kappa shape index (κ1) is 24.4. The van der Waals surface area contributed by atoms with Crippen LogP contribution in [0.1, 0.15) is 5.56 Å². The molecule has 1 saturated heterocycles. The highest BCUT2D eigenvalue weighted by Crippen LogP contribution is 2.36. The van der Waals surface area contributed by atoms with E-state index in [0.29, 0.717) is 12.1 Å². The van der Waals surface area contributed by atoms with E-state index in [4.69, 9.17) is 11.6 Å². The van der Waals surface area contributed by atoms with Gasteiger partial charge < -0.3 is 5.32 Å². The molecule has 0 unspecified atom stereocenters. The van der Waals surface area contributed by atoms with Crippen LogP contribution in [0.4, 0.5) is 27.6 Å². The number of rotatable bonds is 5. The second-order valence-corrected chi connectivity index (χ2v) is 9.34. The highest BCUT2D eigenvalue weighted by molar-refractivity contribution is 7.89. The van der Waals surface area contributed by atoms with E-state index in [0.717, 1.165) is 28.6 Å².